The Kier molecular flexibility index (Phi) is 8.87. The van der Waals surface area contributed by atoms with Crippen molar-refractivity contribution in [3.63, 3.8) is 0 Å². The molecule has 38 heavy (non-hydrogen) atoms. The maximum Gasteiger partial charge on any atom is 0.248 e. The molecule has 0 spiro atoms. The normalized spacial score (nSPS) is 22.3. The number of benzene rings is 2. The SMILES string of the molecule is COCC(=O)N1CCN(CC2(O)CCN(c3cccc(C)c3)CC2)C[C@@](O)(COc2cccc(F)c2F)C1. The molecule has 208 valence electrons. The zero-order valence-corrected chi connectivity index (χ0v) is 22.0. The Hall–Kier alpha value is -2.79. The molecule has 8 nitrogen and oxygen atoms in total. The predicted octanol–water partition coefficient (Wildman–Crippen LogP) is 2.21. The quantitative estimate of drug-likeness (QED) is 0.538. The van der Waals surface area contributed by atoms with E-state index < -0.39 is 22.8 Å². The van der Waals surface area contributed by atoms with E-state index in [-0.39, 0.29) is 38.0 Å². The molecule has 0 radical (unpaired) electrons. The minimum Gasteiger partial charge on any atom is -0.487 e. The summed E-state index contributed by atoms with van der Waals surface area (Å²) >= 11 is 0. The lowest BCUT2D eigenvalue weighted by molar-refractivity contribution is -0.138. The first-order valence-corrected chi connectivity index (χ1v) is 12.9. The molecule has 2 aliphatic heterocycles. The summed E-state index contributed by atoms with van der Waals surface area (Å²) in [5.74, 6) is -2.79. The van der Waals surface area contributed by atoms with Crippen LogP contribution in [0.3, 0.4) is 0 Å². The molecule has 2 fully saturated rings. The van der Waals surface area contributed by atoms with Gasteiger partial charge in [-0.25, -0.2) is 4.39 Å². The zero-order chi connectivity index (χ0) is 27.3. The number of anilines is 1. The molecule has 0 unspecified atom stereocenters. The van der Waals surface area contributed by atoms with E-state index in [9.17, 15) is 23.8 Å². The van der Waals surface area contributed by atoms with Gasteiger partial charge in [0.2, 0.25) is 11.7 Å². The second-order valence-electron chi connectivity index (χ2n) is 10.6. The van der Waals surface area contributed by atoms with Gasteiger partial charge in [-0.3, -0.25) is 9.69 Å². The van der Waals surface area contributed by atoms with Crippen LogP contribution in [0.5, 0.6) is 5.75 Å². The average Bonchev–Trinajstić information content (AvgIpc) is 3.04. The Labute approximate surface area is 222 Å². The Balaban J connectivity index is 1.45. The van der Waals surface area contributed by atoms with Gasteiger partial charge < -0.3 is 29.5 Å². The third-order valence-electron chi connectivity index (χ3n) is 7.30. The van der Waals surface area contributed by atoms with Gasteiger partial charge in [-0.15, -0.1) is 0 Å². The summed E-state index contributed by atoms with van der Waals surface area (Å²) in [5.41, 5.74) is -0.245. The van der Waals surface area contributed by atoms with Gasteiger partial charge in [0.1, 0.15) is 18.8 Å². The molecule has 2 aromatic rings. The zero-order valence-electron chi connectivity index (χ0n) is 22.0. The van der Waals surface area contributed by atoms with Crippen LogP contribution < -0.4 is 9.64 Å². The number of hydrogen-bond acceptors (Lipinski definition) is 7. The van der Waals surface area contributed by atoms with E-state index in [0.717, 1.165) is 11.8 Å². The standard InChI is InChI=1S/C28H37F2N3O5/c1-21-5-3-6-22(15-21)32-11-9-27(35,10-12-32)17-31-13-14-33(25(34)16-37-2)19-28(36,18-31)20-38-24-8-4-7-23(29)26(24)30/h3-8,15,35-36H,9-14,16-20H2,1-2H3/t28-/m0/s1. The molecule has 1 amide bonds. The third-order valence-corrected chi connectivity index (χ3v) is 7.30. The molecule has 2 aliphatic rings. The van der Waals surface area contributed by atoms with Gasteiger partial charge in [0, 0.05) is 52.1 Å². The Morgan fingerprint density at radius 2 is 1.74 bits per heavy atom. The molecule has 10 heteroatoms. The van der Waals surface area contributed by atoms with Crippen molar-refractivity contribution in [2.45, 2.75) is 31.0 Å². The van der Waals surface area contributed by atoms with Crippen molar-refractivity contribution in [3.8, 4) is 5.75 Å². The van der Waals surface area contributed by atoms with E-state index in [4.69, 9.17) is 9.47 Å². The molecule has 0 bridgehead atoms. The molecule has 2 heterocycles. The van der Waals surface area contributed by atoms with E-state index in [1.165, 1.54) is 29.7 Å². The Morgan fingerprint density at radius 3 is 2.45 bits per heavy atom. The molecule has 0 aromatic heterocycles. The largest absolute Gasteiger partial charge is 0.487 e. The van der Waals surface area contributed by atoms with E-state index in [1.54, 1.807) is 0 Å². The van der Waals surface area contributed by atoms with E-state index >= 15 is 0 Å². The van der Waals surface area contributed by atoms with Gasteiger partial charge in [0.05, 0.1) is 12.1 Å². The van der Waals surface area contributed by atoms with E-state index in [0.29, 0.717) is 45.6 Å². The topological polar surface area (TPSA) is 85.7 Å². The first-order chi connectivity index (χ1) is 18.1. The number of aliphatic hydroxyl groups is 2. The Morgan fingerprint density at radius 1 is 1.00 bits per heavy atom. The van der Waals surface area contributed by atoms with Crippen molar-refractivity contribution >= 4 is 11.6 Å². The molecular formula is C28H37F2N3O5. The predicted molar refractivity (Wildman–Crippen MR) is 139 cm³/mol. The number of β-amino-alcohol motifs (C(OH)–C–C–N with tert-alkyl or cyclic N) is 2. The van der Waals surface area contributed by atoms with Crippen LogP contribution in [0.2, 0.25) is 0 Å². The van der Waals surface area contributed by atoms with Crippen molar-refractivity contribution < 1.29 is 33.3 Å². The fourth-order valence-corrected chi connectivity index (χ4v) is 5.28. The number of carbonyl (C=O) groups is 1. The minimum atomic E-state index is -1.59. The smallest absolute Gasteiger partial charge is 0.248 e. The fraction of sp³-hybridized carbons (Fsp3) is 0.536. The number of methoxy groups -OCH3 is 1. The van der Waals surface area contributed by atoms with Crippen LogP contribution in [0, 0.1) is 18.6 Å². The second kappa shape index (κ2) is 11.9. The van der Waals surface area contributed by atoms with Crippen molar-refractivity contribution in [2.75, 3.05) is 71.0 Å². The number of piperidine rings is 1. The Bertz CT molecular complexity index is 1110. The van der Waals surface area contributed by atoms with E-state index in [1.807, 2.05) is 11.0 Å². The van der Waals surface area contributed by atoms with Crippen LogP contribution in [-0.4, -0.2) is 103 Å². The van der Waals surface area contributed by atoms with Gasteiger partial charge in [-0.1, -0.05) is 18.2 Å². The van der Waals surface area contributed by atoms with Crippen molar-refractivity contribution in [2.24, 2.45) is 0 Å². The number of ether oxygens (including phenoxy) is 2. The number of halogens is 2. The highest BCUT2D eigenvalue weighted by Gasteiger charge is 2.41. The molecule has 0 saturated carbocycles. The highest BCUT2D eigenvalue weighted by atomic mass is 19.2. The van der Waals surface area contributed by atoms with Crippen molar-refractivity contribution in [1.82, 2.24) is 9.80 Å². The van der Waals surface area contributed by atoms with Crippen LogP contribution >= 0.6 is 0 Å². The number of amides is 1. The molecule has 1 atom stereocenters. The summed E-state index contributed by atoms with van der Waals surface area (Å²) in [6.07, 6.45) is 1.10. The van der Waals surface area contributed by atoms with Gasteiger partial charge >= 0.3 is 0 Å². The van der Waals surface area contributed by atoms with Gasteiger partial charge in [-0.05, 0) is 49.6 Å². The molecule has 2 N–H and O–H groups in total. The summed E-state index contributed by atoms with van der Waals surface area (Å²) in [6.45, 7) is 4.01. The number of hydrogen-bond donors (Lipinski definition) is 2. The highest BCUT2D eigenvalue weighted by Crippen LogP contribution is 2.29. The molecule has 0 aliphatic carbocycles. The lowest BCUT2D eigenvalue weighted by atomic mass is 9.90. The highest BCUT2D eigenvalue weighted by molar-refractivity contribution is 5.77. The first-order valence-electron chi connectivity index (χ1n) is 12.9. The number of carbonyl (C=O) groups excluding carboxylic acids is 1. The summed E-state index contributed by atoms with van der Waals surface area (Å²) < 4.78 is 38.3. The minimum absolute atomic E-state index is 0.0673. The monoisotopic (exact) mass is 533 g/mol. The first kappa shape index (κ1) is 28.2. The molecule has 2 aromatic carbocycles. The number of aryl methyl sites for hydroxylation is 1. The van der Waals surface area contributed by atoms with Crippen LogP contribution in [0.25, 0.3) is 0 Å². The maximum absolute atomic E-state index is 14.2. The lowest BCUT2D eigenvalue weighted by Gasteiger charge is -2.42. The summed E-state index contributed by atoms with van der Waals surface area (Å²) in [5, 5.41) is 23.0. The van der Waals surface area contributed by atoms with Crippen molar-refractivity contribution in [1.29, 1.82) is 0 Å². The van der Waals surface area contributed by atoms with Crippen LogP contribution in [0.4, 0.5) is 14.5 Å². The van der Waals surface area contributed by atoms with Crippen LogP contribution in [-0.2, 0) is 9.53 Å². The fourth-order valence-electron chi connectivity index (χ4n) is 5.28. The summed E-state index contributed by atoms with van der Waals surface area (Å²) in [4.78, 5) is 18.3. The van der Waals surface area contributed by atoms with Gasteiger partial charge in [-0.2, -0.15) is 4.39 Å². The summed E-state index contributed by atoms with van der Waals surface area (Å²) in [6, 6.07) is 11.9. The van der Waals surface area contributed by atoms with Gasteiger partial charge in [0.15, 0.2) is 11.6 Å². The number of rotatable bonds is 8. The van der Waals surface area contributed by atoms with Gasteiger partial charge in [0.25, 0.3) is 0 Å². The van der Waals surface area contributed by atoms with E-state index in [2.05, 4.69) is 30.0 Å². The number of nitrogens with zero attached hydrogens (tertiary/aromatic N) is 3. The maximum atomic E-state index is 14.2. The van der Waals surface area contributed by atoms with Crippen LogP contribution in [0.1, 0.15) is 18.4 Å². The van der Waals surface area contributed by atoms with Crippen molar-refractivity contribution in [3.05, 3.63) is 59.7 Å². The molecule has 4 rings (SSSR count). The molecule has 2 saturated heterocycles. The van der Waals surface area contributed by atoms with Crippen LogP contribution in [0.15, 0.2) is 42.5 Å². The third kappa shape index (κ3) is 6.99. The molecular weight excluding hydrogens is 496 g/mol. The lowest BCUT2D eigenvalue weighted by Crippen LogP contribution is -2.56. The average molecular weight is 534 g/mol. The second-order valence-corrected chi connectivity index (χ2v) is 10.6. The summed E-state index contributed by atoms with van der Waals surface area (Å²) in [7, 11) is 1.42.